The number of benzene rings is 1. The van der Waals surface area contributed by atoms with Gasteiger partial charge in [0, 0.05) is 13.2 Å². The number of carbonyl (C=O) groups excluding carboxylic acids is 1. The lowest BCUT2D eigenvalue weighted by atomic mass is 10.0. The average Bonchev–Trinajstić information content (AvgIpc) is 2.96. The van der Waals surface area contributed by atoms with Crippen LogP contribution in [0.1, 0.15) is 47.6 Å². The number of rotatable bonds is 8. The van der Waals surface area contributed by atoms with Gasteiger partial charge in [-0.3, -0.25) is 19.6 Å². The third-order valence-corrected chi connectivity index (χ3v) is 3.95. The van der Waals surface area contributed by atoms with E-state index in [0.717, 1.165) is 5.56 Å². The van der Waals surface area contributed by atoms with Gasteiger partial charge in [-0.2, -0.15) is 5.10 Å². The number of aromatic nitrogens is 2. The van der Waals surface area contributed by atoms with E-state index in [0.29, 0.717) is 19.4 Å². The second-order valence-electron chi connectivity index (χ2n) is 5.66. The van der Waals surface area contributed by atoms with Crippen molar-refractivity contribution in [2.45, 2.75) is 39.3 Å². The molecule has 1 unspecified atom stereocenters. The molecular weight excluding hydrogens is 324 g/mol. The average molecular weight is 346 g/mol. The van der Waals surface area contributed by atoms with Crippen molar-refractivity contribution >= 4 is 11.6 Å². The molecule has 2 aromatic rings. The smallest absolute Gasteiger partial charge is 0.322 e. The van der Waals surface area contributed by atoms with Gasteiger partial charge in [0.05, 0.1) is 11.0 Å². The molecule has 25 heavy (non-hydrogen) atoms. The standard InChI is InChI=1S/C17H22N4O4/c1-3-20-16(15(21(24)25)12(2)19-20)17(23)18-14(10-7-11-22)13-8-5-4-6-9-13/h4-6,8-9,14,22H,3,7,10-11H2,1-2H3,(H,18,23). The minimum atomic E-state index is -0.575. The van der Waals surface area contributed by atoms with Crippen LogP contribution in [0, 0.1) is 17.0 Å². The van der Waals surface area contributed by atoms with E-state index in [9.17, 15) is 14.9 Å². The number of hydrogen-bond acceptors (Lipinski definition) is 5. The fourth-order valence-corrected chi connectivity index (χ4v) is 2.77. The Kier molecular flexibility index (Phi) is 6.24. The molecule has 1 aromatic heterocycles. The number of amides is 1. The van der Waals surface area contributed by atoms with Crippen molar-refractivity contribution in [3.63, 3.8) is 0 Å². The number of nitrogens with zero attached hydrogens (tertiary/aromatic N) is 3. The van der Waals surface area contributed by atoms with Crippen molar-refractivity contribution in [2.75, 3.05) is 6.61 Å². The van der Waals surface area contributed by atoms with Crippen LogP contribution in [0.25, 0.3) is 0 Å². The van der Waals surface area contributed by atoms with Gasteiger partial charge in [0.2, 0.25) is 5.69 Å². The van der Waals surface area contributed by atoms with Crippen LogP contribution in [-0.2, 0) is 6.54 Å². The Morgan fingerprint density at radius 1 is 1.40 bits per heavy atom. The third-order valence-electron chi connectivity index (χ3n) is 3.95. The monoisotopic (exact) mass is 346 g/mol. The van der Waals surface area contributed by atoms with Crippen molar-refractivity contribution in [1.82, 2.24) is 15.1 Å². The lowest BCUT2D eigenvalue weighted by Gasteiger charge is -2.19. The minimum Gasteiger partial charge on any atom is -0.396 e. The van der Waals surface area contributed by atoms with Crippen LogP contribution in [0.15, 0.2) is 30.3 Å². The maximum Gasteiger partial charge on any atom is 0.322 e. The van der Waals surface area contributed by atoms with Gasteiger partial charge in [-0.15, -0.1) is 0 Å². The summed E-state index contributed by atoms with van der Waals surface area (Å²) >= 11 is 0. The molecule has 1 heterocycles. The second kappa shape index (κ2) is 8.39. The van der Waals surface area contributed by atoms with Gasteiger partial charge in [0.15, 0.2) is 0 Å². The maximum atomic E-state index is 12.8. The number of aliphatic hydroxyl groups is 1. The third kappa shape index (κ3) is 4.21. The molecule has 8 heteroatoms. The van der Waals surface area contributed by atoms with Crippen molar-refractivity contribution in [2.24, 2.45) is 0 Å². The lowest BCUT2D eigenvalue weighted by Crippen LogP contribution is -2.31. The van der Waals surface area contributed by atoms with Crippen LogP contribution >= 0.6 is 0 Å². The minimum absolute atomic E-state index is 0.00531. The van der Waals surface area contributed by atoms with Crippen LogP contribution in [0.2, 0.25) is 0 Å². The largest absolute Gasteiger partial charge is 0.396 e. The van der Waals surface area contributed by atoms with E-state index in [1.165, 1.54) is 11.6 Å². The Morgan fingerprint density at radius 2 is 2.08 bits per heavy atom. The number of carbonyl (C=O) groups is 1. The van der Waals surface area contributed by atoms with Crippen molar-refractivity contribution < 1.29 is 14.8 Å². The highest BCUT2D eigenvalue weighted by atomic mass is 16.6. The number of hydrogen-bond donors (Lipinski definition) is 2. The highest BCUT2D eigenvalue weighted by molar-refractivity contribution is 5.97. The molecule has 0 aliphatic heterocycles. The molecule has 0 spiro atoms. The van der Waals surface area contributed by atoms with E-state index in [4.69, 9.17) is 5.11 Å². The van der Waals surface area contributed by atoms with Crippen molar-refractivity contribution in [3.05, 3.63) is 57.4 Å². The molecule has 0 fully saturated rings. The van der Waals surface area contributed by atoms with E-state index in [1.807, 2.05) is 30.3 Å². The molecule has 0 aliphatic rings. The molecule has 1 aromatic carbocycles. The Balaban J connectivity index is 2.34. The second-order valence-corrected chi connectivity index (χ2v) is 5.66. The maximum absolute atomic E-state index is 12.8. The zero-order chi connectivity index (χ0) is 18.4. The van der Waals surface area contributed by atoms with E-state index in [2.05, 4.69) is 10.4 Å². The summed E-state index contributed by atoms with van der Waals surface area (Å²) in [7, 11) is 0. The molecule has 8 nitrogen and oxygen atoms in total. The van der Waals surface area contributed by atoms with Gasteiger partial charge < -0.3 is 10.4 Å². The molecule has 0 radical (unpaired) electrons. The fraction of sp³-hybridized carbons (Fsp3) is 0.412. The topological polar surface area (TPSA) is 110 Å². The first kappa shape index (κ1) is 18.6. The summed E-state index contributed by atoms with van der Waals surface area (Å²) in [6, 6.07) is 8.99. The Morgan fingerprint density at radius 3 is 2.64 bits per heavy atom. The van der Waals surface area contributed by atoms with Gasteiger partial charge in [-0.25, -0.2) is 0 Å². The number of aliphatic hydroxyl groups excluding tert-OH is 1. The molecule has 0 saturated heterocycles. The first-order valence-corrected chi connectivity index (χ1v) is 8.18. The van der Waals surface area contributed by atoms with Crippen LogP contribution < -0.4 is 5.32 Å². The lowest BCUT2D eigenvalue weighted by molar-refractivity contribution is -0.385. The first-order chi connectivity index (χ1) is 12.0. The summed E-state index contributed by atoms with van der Waals surface area (Å²) in [5.41, 5.74) is 0.776. The SMILES string of the molecule is CCn1nc(C)c([N+](=O)[O-])c1C(=O)NC(CCCO)c1ccccc1. The summed E-state index contributed by atoms with van der Waals surface area (Å²) < 4.78 is 1.34. The van der Waals surface area contributed by atoms with E-state index < -0.39 is 10.8 Å². The molecule has 1 atom stereocenters. The van der Waals surface area contributed by atoms with E-state index >= 15 is 0 Å². The van der Waals surface area contributed by atoms with Gasteiger partial charge in [-0.05, 0) is 32.3 Å². The highest BCUT2D eigenvalue weighted by Gasteiger charge is 2.31. The normalized spacial score (nSPS) is 12.0. The molecule has 2 rings (SSSR count). The highest BCUT2D eigenvalue weighted by Crippen LogP contribution is 2.25. The van der Waals surface area contributed by atoms with Crippen molar-refractivity contribution in [3.8, 4) is 0 Å². The van der Waals surface area contributed by atoms with Gasteiger partial charge in [-0.1, -0.05) is 30.3 Å². The summed E-state index contributed by atoms with van der Waals surface area (Å²) in [4.78, 5) is 23.5. The predicted molar refractivity (Wildman–Crippen MR) is 92.3 cm³/mol. The van der Waals surface area contributed by atoms with Gasteiger partial charge in [0.1, 0.15) is 5.69 Å². The quantitative estimate of drug-likeness (QED) is 0.563. The molecule has 2 N–H and O–H groups in total. The summed E-state index contributed by atoms with van der Waals surface area (Å²) in [6.07, 6.45) is 1.04. The molecule has 134 valence electrons. The zero-order valence-corrected chi connectivity index (χ0v) is 14.3. The Bertz CT molecular complexity index is 743. The van der Waals surface area contributed by atoms with Crippen LogP contribution in [0.5, 0.6) is 0 Å². The predicted octanol–water partition coefficient (Wildman–Crippen LogP) is 2.36. The van der Waals surface area contributed by atoms with Gasteiger partial charge in [0.25, 0.3) is 5.91 Å². The summed E-state index contributed by atoms with van der Waals surface area (Å²) in [5, 5.41) is 27.4. The fourth-order valence-electron chi connectivity index (χ4n) is 2.77. The van der Waals surface area contributed by atoms with Gasteiger partial charge >= 0.3 is 5.69 Å². The van der Waals surface area contributed by atoms with Crippen LogP contribution in [-0.4, -0.2) is 32.3 Å². The number of nitrogens with one attached hydrogen (secondary N) is 1. The molecule has 0 saturated carbocycles. The molecule has 0 bridgehead atoms. The summed E-state index contributed by atoms with van der Waals surface area (Å²) in [5.74, 6) is -0.541. The van der Waals surface area contributed by atoms with Crippen LogP contribution in [0.3, 0.4) is 0 Å². The summed E-state index contributed by atoms with van der Waals surface area (Å²) in [6.45, 7) is 3.64. The van der Waals surface area contributed by atoms with E-state index in [-0.39, 0.29) is 29.7 Å². The number of aryl methyl sites for hydroxylation is 2. The first-order valence-electron chi connectivity index (χ1n) is 8.18. The molecule has 0 aliphatic carbocycles. The number of nitro groups is 1. The van der Waals surface area contributed by atoms with Crippen molar-refractivity contribution in [1.29, 1.82) is 0 Å². The van der Waals surface area contributed by atoms with Crippen LogP contribution in [0.4, 0.5) is 5.69 Å². The zero-order valence-electron chi connectivity index (χ0n) is 14.3. The molecular formula is C17H22N4O4. The molecule has 1 amide bonds. The Hall–Kier alpha value is -2.74. The Labute approximate surface area is 145 Å². The van der Waals surface area contributed by atoms with E-state index in [1.54, 1.807) is 6.92 Å².